The number of halogens is 1. The summed E-state index contributed by atoms with van der Waals surface area (Å²) >= 11 is 0. The van der Waals surface area contributed by atoms with Crippen LogP contribution in [0.2, 0.25) is 0 Å². The van der Waals surface area contributed by atoms with E-state index in [4.69, 9.17) is 5.11 Å². The number of hydrogen-bond acceptors (Lipinski definition) is 5. The summed E-state index contributed by atoms with van der Waals surface area (Å²) in [7, 11) is 0. The normalized spacial score (nSPS) is 18.1. The van der Waals surface area contributed by atoms with E-state index in [1.807, 2.05) is 0 Å². The molecule has 0 radical (unpaired) electrons. The van der Waals surface area contributed by atoms with Crippen LogP contribution in [0.3, 0.4) is 0 Å². The average molecular weight is 501 g/mol. The molecule has 2 aliphatic carbocycles. The maximum absolute atomic E-state index is 15.1. The molecule has 0 spiro atoms. The Hall–Kier alpha value is -3.43. The van der Waals surface area contributed by atoms with E-state index >= 15 is 4.39 Å². The van der Waals surface area contributed by atoms with Crippen molar-refractivity contribution in [2.75, 3.05) is 5.32 Å². The van der Waals surface area contributed by atoms with Crippen LogP contribution in [0.1, 0.15) is 70.8 Å². The maximum atomic E-state index is 15.1. The monoisotopic (exact) mass is 500 g/mol. The molecule has 1 heterocycles. The highest BCUT2D eigenvalue weighted by atomic mass is 19.1. The van der Waals surface area contributed by atoms with Crippen LogP contribution in [0.4, 0.5) is 10.1 Å². The minimum absolute atomic E-state index is 0.0554. The maximum Gasteiger partial charge on any atom is 0.332 e. The van der Waals surface area contributed by atoms with E-state index in [0.717, 1.165) is 62.0 Å². The Bertz CT molecular complexity index is 1290. The number of fused-ring (bicyclic) bond motifs is 1. The fourth-order valence-corrected chi connectivity index (χ4v) is 5.35. The van der Waals surface area contributed by atoms with Crippen molar-refractivity contribution in [3.63, 3.8) is 0 Å². The Morgan fingerprint density at radius 2 is 1.78 bits per heavy atom. The number of anilines is 1. The van der Waals surface area contributed by atoms with E-state index in [1.54, 1.807) is 17.6 Å². The first-order valence-corrected chi connectivity index (χ1v) is 12.7. The lowest BCUT2D eigenvalue weighted by atomic mass is 9.95. The van der Waals surface area contributed by atoms with E-state index in [2.05, 4.69) is 10.6 Å². The van der Waals surface area contributed by atoms with Crippen LogP contribution in [0.15, 0.2) is 33.9 Å². The Morgan fingerprint density at radius 1 is 1.11 bits per heavy atom. The lowest BCUT2D eigenvalue weighted by Gasteiger charge is -2.25. The molecule has 194 valence electrons. The molecule has 0 bridgehead atoms. The van der Waals surface area contributed by atoms with Crippen molar-refractivity contribution in [2.45, 2.75) is 89.4 Å². The summed E-state index contributed by atoms with van der Waals surface area (Å²) in [5.41, 5.74) is -0.657. The molecule has 1 aromatic heterocycles. The van der Waals surface area contributed by atoms with Crippen molar-refractivity contribution < 1.29 is 19.1 Å². The number of aromatic nitrogens is 2. The molecule has 2 aliphatic rings. The third kappa shape index (κ3) is 5.68. The zero-order valence-corrected chi connectivity index (χ0v) is 20.5. The van der Waals surface area contributed by atoms with Gasteiger partial charge in [-0.2, -0.15) is 0 Å². The van der Waals surface area contributed by atoms with Gasteiger partial charge in [-0.15, -0.1) is 0 Å². The van der Waals surface area contributed by atoms with Crippen LogP contribution in [0, 0.1) is 5.82 Å². The minimum Gasteiger partial charge on any atom is -0.478 e. The van der Waals surface area contributed by atoms with Crippen LogP contribution < -0.4 is 21.9 Å². The van der Waals surface area contributed by atoms with Gasteiger partial charge in [0.05, 0.1) is 16.6 Å². The molecule has 36 heavy (non-hydrogen) atoms. The highest BCUT2D eigenvalue weighted by Crippen LogP contribution is 2.32. The minimum atomic E-state index is -1.15. The first-order chi connectivity index (χ1) is 17.2. The second-order valence-corrected chi connectivity index (χ2v) is 9.86. The van der Waals surface area contributed by atoms with Gasteiger partial charge in [-0.05, 0) is 44.7 Å². The Balaban J connectivity index is 1.73. The fourth-order valence-electron chi connectivity index (χ4n) is 5.35. The number of carbonyl (C=O) groups is 2. The van der Waals surface area contributed by atoms with Crippen molar-refractivity contribution in [3.05, 3.63) is 50.9 Å². The molecule has 2 aromatic rings. The van der Waals surface area contributed by atoms with Gasteiger partial charge >= 0.3 is 11.7 Å². The predicted molar refractivity (Wildman–Crippen MR) is 135 cm³/mol. The summed E-state index contributed by atoms with van der Waals surface area (Å²) in [6, 6.07) is 2.13. The average Bonchev–Trinajstić information content (AvgIpc) is 3.37. The predicted octanol–water partition coefficient (Wildman–Crippen LogP) is 3.31. The third-order valence-electron chi connectivity index (χ3n) is 7.13. The molecule has 10 heteroatoms. The van der Waals surface area contributed by atoms with Crippen molar-refractivity contribution >= 4 is 28.5 Å². The molecular formula is C26H33FN4O5. The zero-order valence-electron chi connectivity index (χ0n) is 20.5. The van der Waals surface area contributed by atoms with Crippen LogP contribution in [-0.2, 0) is 16.1 Å². The summed E-state index contributed by atoms with van der Waals surface area (Å²) in [6.45, 7) is 1.03. The van der Waals surface area contributed by atoms with Crippen LogP contribution in [0.25, 0.3) is 10.9 Å². The zero-order chi connectivity index (χ0) is 25.8. The summed E-state index contributed by atoms with van der Waals surface area (Å²) < 4.78 is 17.5. The smallest absolute Gasteiger partial charge is 0.332 e. The van der Waals surface area contributed by atoms with Gasteiger partial charge in [0.15, 0.2) is 0 Å². The molecular weight excluding hydrogens is 467 g/mol. The van der Waals surface area contributed by atoms with Crippen molar-refractivity contribution in [2.24, 2.45) is 0 Å². The number of hydrogen-bond donors (Lipinski definition) is 3. The highest BCUT2D eigenvalue weighted by Gasteiger charge is 2.25. The second-order valence-electron chi connectivity index (χ2n) is 9.86. The number of carbonyl (C=O) groups excluding carboxylic acids is 1. The van der Waals surface area contributed by atoms with Gasteiger partial charge in [-0.3, -0.25) is 18.7 Å². The van der Waals surface area contributed by atoms with E-state index in [0.29, 0.717) is 5.52 Å². The van der Waals surface area contributed by atoms with Crippen molar-refractivity contribution in [3.8, 4) is 0 Å². The van der Waals surface area contributed by atoms with Gasteiger partial charge in [-0.25, -0.2) is 14.0 Å². The molecule has 1 aromatic carbocycles. The molecule has 0 saturated heterocycles. The number of benzene rings is 1. The van der Waals surface area contributed by atoms with Gasteiger partial charge in [0.1, 0.15) is 12.4 Å². The molecule has 3 N–H and O–H groups in total. The largest absolute Gasteiger partial charge is 0.478 e. The lowest BCUT2D eigenvalue weighted by Crippen LogP contribution is -2.45. The quantitative estimate of drug-likeness (QED) is 0.478. The molecule has 1 amide bonds. The fraction of sp³-hybridized carbons (Fsp3) is 0.538. The number of amides is 1. The SMILES string of the molecule is C[C@H](C=CC(=O)O)NC(=O)Cn1c(=O)c2cc(F)c(NC3CCCCC3)cc2n(C2CCCC2)c1=O. The van der Waals surface area contributed by atoms with Gasteiger partial charge in [-0.1, -0.05) is 38.2 Å². The third-order valence-corrected chi connectivity index (χ3v) is 7.13. The summed E-state index contributed by atoms with van der Waals surface area (Å²) in [5, 5.41) is 14.6. The van der Waals surface area contributed by atoms with Gasteiger partial charge in [0.25, 0.3) is 5.56 Å². The Morgan fingerprint density at radius 3 is 2.44 bits per heavy atom. The summed E-state index contributed by atoms with van der Waals surface area (Å²) in [6.07, 6.45) is 10.8. The van der Waals surface area contributed by atoms with Crippen molar-refractivity contribution in [1.29, 1.82) is 0 Å². The van der Waals surface area contributed by atoms with Gasteiger partial charge in [0.2, 0.25) is 5.91 Å². The van der Waals surface area contributed by atoms with E-state index < -0.39 is 41.5 Å². The van der Waals surface area contributed by atoms with Crippen molar-refractivity contribution in [1.82, 2.24) is 14.5 Å². The van der Waals surface area contributed by atoms with E-state index in [9.17, 15) is 19.2 Å². The van der Waals surface area contributed by atoms with E-state index in [1.165, 1.54) is 18.6 Å². The number of aliphatic carboxylic acids is 1. The molecule has 1 atom stereocenters. The number of nitrogens with one attached hydrogen (secondary N) is 2. The van der Waals surface area contributed by atoms with E-state index in [-0.39, 0.29) is 23.2 Å². The topological polar surface area (TPSA) is 122 Å². The summed E-state index contributed by atoms with van der Waals surface area (Å²) in [4.78, 5) is 50.1. The summed E-state index contributed by atoms with van der Waals surface area (Å²) in [5.74, 6) is -2.34. The standard InChI is InChI=1S/C26H33FN4O5/c1-16(11-12-24(33)34)28-23(32)15-30-25(35)19-13-20(27)21(29-17-7-3-2-4-8-17)14-22(19)31(26(30)36)18-9-5-6-10-18/h11-14,16-18,29H,2-10,15H2,1H3,(H,28,32)(H,33,34)/t16-/m1/s1. The molecule has 2 saturated carbocycles. The first-order valence-electron chi connectivity index (χ1n) is 12.7. The molecule has 2 fully saturated rings. The van der Waals surface area contributed by atoms with Gasteiger partial charge in [0, 0.05) is 24.2 Å². The second kappa shape index (κ2) is 11.1. The number of nitrogens with zero attached hydrogens (tertiary/aromatic N) is 2. The number of carboxylic acid groups (broad SMARTS) is 1. The lowest BCUT2D eigenvalue weighted by molar-refractivity contribution is -0.131. The van der Waals surface area contributed by atoms with Crippen LogP contribution >= 0.6 is 0 Å². The molecule has 4 rings (SSSR count). The number of rotatable bonds is 8. The Kier molecular flexibility index (Phi) is 7.91. The molecule has 0 unspecified atom stereocenters. The Labute approximate surface area is 208 Å². The van der Waals surface area contributed by atoms with Crippen LogP contribution in [0.5, 0.6) is 0 Å². The van der Waals surface area contributed by atoms with Crippen LogP contribution in [-0.4, -0.2) is 38.2 Å². The molecule has 0 aliphatic heterocycles. The molecule has 9 nitrogen and oxygen atoms in total. The highest BCUT2D eigenvalue weighted by molar-refractivity contribution is 5.83. The van der Waals surface area contributed by atoms with Gasteiger partial charge < -0.3 is 15.7 Å². The first kappa shape index (κ1) is 25.7. The number of carboxylic acids is 1.